The van der Waals surface area contributed by atoms with Gasteiger partial charge in [0.05, 0.1) is 0 Å². The summed E-state index contributed by atoms with van der Waals surface area (Å²) in [7, 11) is 0. The van der Waals surface area contributed by atoms with E-state index in [0.717, 1.165) is 21.4 Å². The summed E-state index contributed by atoms with van der Waals surface area (Å²) in [4.78, 5) is 9.17. The maximum absolute atomic E-state index is 6.01. The molecule has 0 bridgehead atoms. The molecule has 0 atom stereocenters. The molecule has 0 aliphatic heterocycles. The van der Waals surface area contributed by atoms with Crippen molar-refractivity contribution in [3.63, 3.8) is 0 Å². The molecule has 17 heavy (non-hydrogen) atoms. The third kappa shape index (κ3) is 3.43. The van der Waals surface area contributed by atoms with Crippen molar-refractivity contribution < 1.29 is 0 Å². The molecule has 3 nitrogen and oxygen atoms in total. The van der Waals surface area contributed by atoms with Gasteiger partial charge < -0.3 is 5.73 Å². The van der Waals surface area contributed by atoms with Crippen molar-refractivity contribution in [2.45, 2.75) is 16.3 Å². The monoisotopic (exact) mass is 265 g/mol. The fraction of sp³-hybridized carbons (Fsp3) is 0.167. The highest BCUT2D eigenvalue weighted by Crippen LogP contribution is 2.31. The van der Waals surface area contributed by atoms with Crippen LogP contribution in [0.3, 0.4) is 0 Å². The van der Waals surface area contributed by atoms with Crippen LogP contribution in [-0.2, 0) is 6.42 Å². The molecule has 0 unspecified atom stereocenters. The summed E-state index contributed by atoms with van der Waals surface area (Å²) in [6.45, 7) is 0.624. The zero-order chi connectivity index (χ0) is 12.1. The van der Waals surface area contributed by atoms with E-state index in [9.17, 15) is 0 Å². The lowest BCUT2D eigenvalue weighted by molar-refractivity contribution is 0.943. The Morgan fingerprint density at radius 3 is 2.88 bits per heavy atom. The van der Waals surface area contributed by atoms with Crippen LogP contribution in [0.4, 0.5) is 0 Å². The van der Waals surface area contributed by atoms with Crippen LogP contribution in [0.25, 0.3) is 0 Å². The van der Waals surface area contributed by atoms with E-state index in [0.29, 0.717) is 6.54 Å². The summed E-state index contributed by atoms with van der Waals surface area (Å²) >= 11 is 7.58. The van der Waals surface area contributed by atoms with Gasteiger partial charge in [-0.2, -0.15) is 0 Å². The Labute approximate surface area is 109 Å². The Hall–Kier alpha value is -1.10. The van der Waals surface area contributed by atoms with Crippen molar-refractivity contribution in [3.8, 4) is 0 Å². The lowest BCUT2D eigenvalue weighted by atomic mass is 10.1. The van der Waals surface area contributed by atoms with Gasteiger partial charge in [-0.3, -0.25) is 0 Å². The maximum Gasteiger partial charge on any atom is 0.116 e. The first-order valence-electron chi connectivity index (χ1n) is 5.22. The largest absolute Gasteiger partial charge is 0.330 e. The molecule has 1 aromatic heterocycles. The van der Waals surface area contributed by atoms with Crippen LogP contribution in [0, 0.1) is 0 Å². The van der Waals surface area contributed by atoms with E-state index in [1.165, 1.54) is 11.9 Å². The molecule has 0 spiro atoms. The molecule has 0 saturated carbocycles. The molecule has 0 fully saturated rings. The Balaban J connectivity index is 2.27. The second-order valence-corrected chi connectivity index (χ2v) is 4.94. The molecule has 1 heterocycles. The Morgan fingerprint density at radius 1 is 1.29 bits per heavy atom. The van der Waals surface area contributed by atoms with Gasteiger partial charge in [0.15, 0.2) is 0 Å². The Kier molecular flexibility index (Phi) is 4.36. The van der Waals surface area contributed by atoms with Crippen LogP contribution in [0.5, 0.6) is 0 Å². The van der Waals surface area contributed by atoms with E-state index in [1.54, 1.807) is 18.0 Å². The van der Waals surface area contributed by atoms with Crippen molar-refractivity contribution in [2.75, 3.05) is 6.54 Å². The van der Waals surface area contributed by atoms with Crippen LogP contribution in [0.2, 0.25) is 5.02 Å². The quantitative estimate of drug-likeness (QED) is 0.864. The van der Waals surface area contributed by atoms with Gasteiger partial charge in [0.1, 0.15) is 11.4 Å². The van der Waals surface area contributed by atoms with E-state index >= 15 is 0 Å². The predicted molar refractivity (Wildman–Crippen MR) is 70.4 cm³/mol. The van der Waals surface area contributed by atoms with Crippen molar-refractivity contribution in [1.29, 1.82) is 0 Å². The fourth-order valence-electron chi connectivity index (χ4n) is 1.44. The number of hydrogen-bond acceptors (Lipinski definition) is 4. The van der Waals surface area contributed by atoms with E-state index < -0.39 is 0 Å². The third-order valence-electron chi connectivity index (χ3n) is 2.21. The van der Waals surface area contributed by atoms with Crippen LogP contribution < -0.4 is 5.73 Å². The number of aromatic nitrogens is 2. The normalized spacial score (nSPS) is 10.5. The summed E-state index contributed by atoms with van der Waals surface area (Å²) < 4.78 is 0. The topological polar surface area (TPSA) is 51.8 Å². The smallest absolute Gasteiger partial charge is 0.116 e. The van der Waals surface area contributed by atoms with Crippen molar-refractivity contribution in [3.05, 3.63) is 47.4 Å². The van der Waals surface area contributed by atoms with Gasteiger partial charge in [-0.1, -0.05) is 29.4 Å². The van der Waals surface area contributed by atoms with E-state index in [4.69, 9.17) is 17.3 Å². The van der Waals surface area contributed by atoms with Gasteiger partial charge in [0.2, 0.25) is 0 Å². The van der Waals surface area contributed by atoms with Crippen LogP contribution in [0.1, 0.15) is 5.56 Å². The molecular formula is C12H12ClN3S. The second kappa shape index (κ2) is 6.00. The molecule has 0 amide bonds. The molecule has 2 N–H and O–H groups in total. The first-order chi connectivity index (χ1) is 8.29. The average Bonchev–Trinajstić information content (AvgIpc) is 2.34. The fourth-order valence-corrected chi connectivity index (χ4v) is 2.61. The van der Waals surface area contributed by atoms with Gasteiger partial charge in [0, 0.05) is 16.1 Å². The van der Waals surface area contributed by atoms with Crippen LogP contribution >= 0.6 is 23.4 Å². The molecule has 2 aromatic rings. The zero-order valence-electron chi connectivity index (χ0n) is 9.14. The van der Waals surface area contributed by atoms with E-state index in [2.05, 4.69) is 9.97 Å². The number of hydrogen-bond donors (Lipinski definition) is 1. The summed E-state index contributed by atoms with van der Waals surface area (Å²) in [5.41, 5.74) is 6.79. The summed E-state index contributed by atoms with van der Waals surface area (Å²) in [6.07, 6.45) is 4.10. The van der Waals surface area contributed by atoms with Crippen LogP contribution in [-0.4, -0.2) is 16.5 Å². The molecule has 2 rings (SSSR count). The molecule has 0 radical (unpaired) electrons. The van der Waals surface area contributed by atoms with E-state index in [1.807, 2.05) is 24.3 Å². The lowest BCUT2D eigenvalue weighted by Crippen LogP contribution is -2.03. The summed E-state index contributed by atoms with van der Waals surface area (Å²) in [5, 5.41) is 1.63. The van der Waals surface area contributed by atoms with Gasteiger partial charge in [-0.15, -0.1) is 0 Å². The molecule has 0 saturated heterocycles. The third-order valence-corrected chi connectivity index (χ3v) is 3.50. The first-order valence-corrected chi connectivity index (χ1v) is 6.41. The highest BCUT2D eigenvalue weighted by molar-refractivity contribution is 7.99. The number of benzene rings is 1. The number of nitrogens with zero attached hydrogens (tertiary/aromatic N) is 2. The van der Waals surface area contributed by atoms with Crippen molar-refractivity contribution in [2.24, 2.45) is 5.73 Å². The van der Waals surface area contributed by atoms with Gasteiger partial charge >= 0.3 is 0 Å². The second-order valence-electron chi connectivity index (χ2n) is 3.44. The summed E-state index contributed by atoms with van der Waals surface area (Å²) in [5.74, 6) is 0. The lowest BCUT2D eigenvalue weighted by Gasteiger charge is -2.08. The van der Waals surface area contributed by atoms with Gasteiger partial charge in [-0.05, 0) is 36.7 Å². The molecule has 1 aromatic carbocycles. The SMILES string of the molecule is NCCc1ccc(Cl)cc1Sc1ccncn1. The predicted octanol–water partition coefficient (Wildman–Crippen LogP) is 2.78. The Morgan fingerprint density at radius 2 is 2.18 bits per heavy atom. The maximum atomic E-state index is 6.01. The molecule has 5 heteroatoms. The average molecular weight is 266 g/mol. The molecule has 88 valence electrons. The van der Waals surface area contributed by atoms with Crippen LogP contribution in [0.15, 0.2) is 46.7 Å². The van der Waals surface area contributed by atoms with Crippen molar-refractivity contribution in [1.82, 2.24) is 9.97 Å². The molecule has 0 aliphatic rings. The zero-order valence-corrected chi connectivity index (χ0v) is 10.7. The first kappa shape index (κ1) is 12.4. The minimum absolute atomic E-state index is 0.624. The van der Waals surface area contributed by atoms with Crippen molar-refractivity contribution >= 4 is 23.4 Å². The van der Waals surface area contributed by atoms with Gasteiger partial charge in [-0.25, -0.2) is 9.97 Å². The van der Waals surface area contributed by atoms with Gasteiger partial charge in [0.25, 0.3) is 0 Å². The minimum Gasteiger partial charge on any atom is -0.330 e. The standard InChI is InChI=1S/C12H12ClN3S/c13-10-2-1-9(3-5-14)11(7-10)17-12-4-6-15-8-16-12/h1-2,4,6-8H,3,5,14H2. The van der Waals surface area contributed by atoms with E-state index in [-0.39, 0.29) is 0 Å². The number of nitrogens with two attached hydrogens (primary N) is 1. The number of rotatable bonds is 4. The highest BCUT2D eigenvalue weighted by Gasteiger charge is 2.05. The molecule has 0 aliphatic carbocycles. The minimum atomic E-state index is 0.624. The summed E-state index contributed by atoms with van der Waals surface area (Å²) in [6, 6.07) is 7.71. The highest BCUT2D eigenvalue weighted by atomic mass is 35.5. The number of halogens is 1. The Bertz CT molecular complexity index is 490. The molecular weight excluding hydrogens is 254 g/mol.